The van der Waals surface area contributed by atoms with E-state index in [1.165, 1.54) is 4.90 Å². The summed E-state index contributed by atoms with van der Waals surface area (Å²) >= 11 is 0. The highest BCUT2D eigenvalue weighted by Crippen LogP contribution is 2.09. The van der Waals surface area contributed by atoms with Crippen LogP contribution in [-0.2, 0) is 9.53 Å². The first kappa shape index (κ1) is 13.5. The van der Waals surface area contributed by atoms with Crippen molar-refractivity contribution in [2.45, 2.75) is 13.0 Å². The molecule has 1 aliphatic rings. The zero-order valence-electron chi connectivity index (χ0n) is 11.0. The van der Waals surface area contributed by atoms with E-state index in [2.05, 4.69) is 11.4 Å². The number of benzene rings is 1. The first-order valence-electron chi connectivity index (χ1n) is 6.44. The fraction of sp³-hybridized carbons (Fsp3) is 0.429. The molecule has 1 aliphatic heterocycles. The number of anilines is 1. The minimum Gasteiger partial charge on any atom is -0.370 e. The molecule has 5 nitrogen and oxygen atoms in total. The van der Waals surface area contributed by atoms with Gasteiger partial charge >= 0.3 is 0 Å². The Morgan fingerprint density at radius 1 is 1.47 bits per heavy atom. The molecule has 0 unspecified atom stereocenters. The number of quaternary nitrogens is 1. The van der Waals surface area contributed by atoms with Crippen molar-refractivity contribution in [2.24, 2.45) is 0 Å². The number of nitriles is 1. The molecule has 2 N–H and O–H groups in total. The van der Waals surface area contributed by atoms with Crippen molar-refractivity contribution in [3.63, 3.8) is 0 Å². The molecule has 0 bridgehead atoms. The van der Waals surface area contributed by atoms with E-state index in [1.807, 2.05) is 6.92 Å². The largest absolute Gasteiger partial charge is 0.370 e. The van der Waals surface area contributed by atoms with Gasteiger partial charge in [0.15, 0.2) is 6.04 Å². The predicted molar refractivity (Wildman–Crippen MR) is 70.8 cm³/mol. The number of ether oxygens (including phenoxy) is 1. The molecule has 1 amide bonds. The molecule has 1 heterocycles. The third-order valence-electron chi connectivity index (χ3n) is 3.40. The number of rotatable bonds is 3. The minimum atomic E-state index is -0.116. The average molecular weight is 260 g/mol. The Morgan fingerprint density at radius 3 is 2.89 bits per heavy atom. The maximum absolute atomic E-state index is 12.2. The lowest BCUT2D eigenvalue weighted by atomic mass is 10.2. The van der Waals surface area contributed by atoms with Gasteiger partial charge in [-0.3, -0.25) is 4.79 Å². The van der Waals surface area contributed by atoms with Gasteiger partial charge in [-0.05, 0) is 25.1 Å². The van der Waals surface area contributed by atoms with E-state index in [9.17, 15) is 4.79 Å². The van der Waals surface area contributed by atoms with E-state index < -0.39 is 0 Å². The lowest BCUT2D eigenvalue weighted by Gasteiger charge is -2.28. The van der Waals surface area contributed by atoms with Crippen LogP contribution in [0.2, 0.25) is 0 Å². The molecule has 100 valence electrons. The van der Waals surface area contributed by atoms with Crippen molar-refractivity contribution in [3.05, 3.63) is 29.8 Å². The first-order valence-corrected chi connectivity index (χ1v) is 6.44. The van der Waals surface area contributed by atoms with Crippen LogP contribution in [0, 0.1) is 11.3 Å². The van der Waals surface area contributed by atoms with Gasteiger partial charge in [0, 0.05) is 5.69 Å². The van der Waals surface area contributed by atoms with E-state index in [1.54, 1.807) is 24.3 Å². The Labute approximate surface area is 112 Å². The minimum absolute atomic E-state index is 0.0213. The summed E-state index contributed by atoms with van der Waals surface area (Å²) in [6.45, 7) is 5.04. The number of nitrogens with one attached hydrogen (secondary N) is 2. The lowest BCUT2D eigenvalue weighted by Crippen LogP contribution is -3.18. The van der Waals surface area contributed by atoms with Gasteiger partial charge in [-0.15, -0.1) is 0 Å². The van der Waals surface area contributed by atoms with Gasteiger partial charge in [-0.1, -0.05) is 6.07 Å². The average Bonchev–Trinajstić information content (AvgIpc) is 2.47. The highest BCUT2D eigenvalue weighted by molar-refractivity contribution is 5.93. The smallest absolute Gasteiger partial charge is 0.282 e. The Morgan fingerprint density at radius 2 is 2.21 bits per heavy atom. The number of hydrogen-bond acceptors (Lipinski definition) is 3. The molecule has 0 aromatic heterocycles. The Balaban J connectivity index is 1.97. The number of nitrogens with zero attached hydrogens (tertiary/aromatic N) is 1. The number of amides is 1. The topological polar surface area (TPSA) is 66.6 Å². The zero-order valence-corrected chi connectivity index (χ0v) is 11.0. The van der Waals surface area contributed by atoms with Gasteiger partial charge in [-0.25, -0.2) is 0 Å². The van der Waals surface area contributed by atoms with Crippen LogP contribution in [0.4, 0.5) is 5.69 Å². The van der Waals surface area contributed by atoms with Gasteiger partial charge < -0.3 is 15.0 Å². The molecule has 0 saturated carbocycles. The fourth-order valence-corrected chi connectivity index (χ4v) is 2.17. The number of carbonyl (C=O) groups excluding carboxylic acids is 1. The van der Waals surface area contributed by atoms with Crippen molar-refractivity contribution in [1.82, 2.24) is 0 Å². The van der Waals surface area contributed by atoms with Crippen LogP contribution in [0.1, 0.15) is 12.5 Å². The second-order valence-corrected chi connectivity index (χ2v) is 4.67. The molecule has 5 heteroatoms. The van der Waals surface area contributed by atoms with Crippen molar-refractivity contribution in [2.75, 3.05) is 31.6 Å². The molecule has 0 radical (unpaired) electrons. The van der Waals surface area contributed by atoms with E-state index >= 15 is 0 Å². The summed E-state index contributed by atoms with van der Waals surface area (Å²) in [6, 6.07) is 8.89. The summed E-state index contributed by atoms with van der Waals surface area (Å²) in [7, 11) is 0. The highest BCUT2D eigenvalue weighted by atomic mass is 16.5. The first-order chi connectivity index (χ1) is 9.20. The summed E-state index contributed by atoms with van der Waals surface area (Å²) in [5, 5.41) is 11.7. The molecule has 1 fully saturated rings. The second-order valence-electron chi connectivity index (χ2n) is 4.67. The zero-order chi connectivity index (χ0) is 13.7. The highest BCUT2D eigenvalue weighted by Gasteiger charge is 2.26. The van der Waals surface area contributed by atoms with E-state index in [0.29, 0.717) is 24.5 Å². The lowest BCUT2D eigenvalue weighted by molar-refractivity contribution is -0.921. The van der Waals surface area contributed by atoms with Crippen LogP contribution in [0.15, 0.2) is 24.3 Å². The summed E-state index contributed by atoms with van der Waals surface area (Å²) in [4.78, 5) is 13.4. The Hall–Kier alpha value is -1.90. The van der Waals surface area contributed by atoms with Crippen molar-refractivity contribution >= 4 is 11.6 Å². The molecule has 1 aromatic rings. The maximum atomic E-state index is 12.2. The summed E-state index contributed by atoms with van der Waals surface area (Å²) in [5.74, 6) is -0.0213. The molecule has 1 saturated heterocycles. The molecule has 1 aromatic carbocycles. The van der Waals surface area contributed by atoms with Gasteiger partial charge in [0.1, 0.15) is 13.1 Å². The predicted octanol–water partition coefficient (Wildman–Crippen LogP) is -0.200. The number of morpholine rings is 1. The van der Waals surface area contributed by atoms with Crippen molar-refractivity contribution < 1.29 is 14.4 Å². The number of carbonyl (C=O) groups is 1. The van der Waals surface area contributed by atoms with Crippen molar-refractivity contribution in [3.8, 4) is 6.07 Å². The van der Waals surface area contributed by atoms with Crippen LogP contribution in [0.5, 0.6) is 0 Å². The molecular weight excluding hydrogens is 242 g/mol. The molecular formula is C14H18N3O2+. The van der Waals surface area contributed by atoms with Crippen molar-refractivity contribution in [1.29, 1.82) is 5.26 Å². The maximum Gasteiger partial charge on any atom is 0.282 e. The summed E-state index contributed by atoms with van der Waals surface area (Å²) in [5.41, 5.74) is 1.22. The Bertz CT molecular complexity index is 490. The molecule has 0 spiro atoms. The van der Waals surface area contributed by atoms with Crippen LogP contribution < -0.4 is 10.2 Å². The van der Waals surface area contributed by atoms with E-state index in [0.717, 1.165) is 13.1 Å². The summed E-state index contributed by atoms with van der Waals surface area (Å²) in [6.07, 6.45) is 0. The van der Waals surface area contributed by atoms with Crippen LogP contribution in [-0.4, -0.2) is 38.3 Å². The molecule has 1 atom stereocenters. The fourth-order valence-electron chi connectivity index (χ4n) is 2.17. The molecule has 19 heavy (non-hydrogen) atoms. The SMILES string of the molecule is C[C@H](C(=O)Nc1cccc(C#N)c1)[NH+]1CCOCC1. The third kappa shape index (κ3) is 3.53. The molecule has 0 aliphatic carbocycles. The molecule has 2 rings (SSSR count). The third-order valence-corrected chi connectivity index (χ3v) is 3.40. The van der Waals surface area contributed by atoms with Gasteiger partial charge in [0.2, 0.25) is 0 Å². The van der Waals surface area contributed by atoms with E-state index in [-0.39, 0.29) is 11.9 Å². The number of hydrogen-bond donors (Lipinski definition) is 2. The Kier molecular flexibility index (Phi) is 4.50. The van der Waals surface area contributed by atoms with Gasteiger partial charge in [0.05, 0.1) is 24.8 Å². The quantitative estimate of drug-likeness (QED) is 0.791. The van der Waals surface area contributed by atoms with Crippen LogP contribution >= 0.6 is 0 Å². The van der Waals surface area contributed by atoms with E-state index in [4.69, 9.17) is 10.00 Å². The van der Waals surface area contributed by atoms with Gasteiger partial charge in [0.25, 0.3) is 5.91 Å². The van der Waals surface area contributed by atoms with Crippen LogP contribution in [0.25, 0.3) is 0 Å². The second kappa shape index (κ2) is 6.32. The van der Waals surface area contributed by atoms with Crippen LogP contribution in [0.3, 0.4) is 0 Å². The summed E-state index contributed by atoms with van der Waals surface area (Å²) < 4.78 is 5.29. The standard InChI is InChI=1S/C14H17N3O2/c1-11(17-5-7-19-8-6-17)14(18)16-13-4-2-3-12(9-13)10-15/h2-4,9,11H,5-8H2,1H3,(H,16,18)/p+1/t11-/m1/s1. The monoisotopic (exact) mass is 260 g/mol. The van der Waals surface area contributed by atoms with Gasteiger partial charge in [-0.2, -0.15) is 5.26 Å². The normalized spacial score (nSPS) is 17.5.